The average Bonchev–Trinajstić information content (AvgIpc) is 2.90. The number of carboxylic acid groups (broad SMARTS) is 1. The van der Waals surface area contributed by atoms with Gasteiger partial charge in [0.05, 0.1) is 12.8 Å². The number of Topliss-reactive ketones (excluding diaryl/α,β-unsaturated/α-hetero) is 1. The Morgan fingerprint density at radius 2 is 1.42 bits per heavy atom. The summed E-state index contributed by atoms with van der Waals surface area (Å²) in [5.41, 5.74) is 2.47. The van der Waals surface area contributed by atoms with Crippen LogP contribution in [0.15, 0.2) is 85.2 Å². The van der Waals surface area contributed by atoms with Gasteiger partial charge in [0.2, 0.25) is 0 Å². The first-order valence-electron chi connectivity index (χ1n) is 11.2. The SMILES string of the molecule is O=C(O)CC(NC(=O)OCc1ccccc1)C(=O)COC(=O)CC(c1ccccc1)c1ccncc1. The number of esters is 1. The summed E-state index contributed by atoms with van der Waals surface area (Å²) in [6.07, 6.45) is 1.57. The minimum Gasteiger partial charge on any atom is -0.481 e. The van der Waals surface area contributed by atoms with Crippen LogP contribution >= 0.6 is 0 Å². The van der Waals surface area contributed by atoms with Crippen molar-refractivity contribution in [1.82, 2.24) is 10.3 Å². The zero-order valence-electron chi connectivity index (χ0n) is 19.4. The standard InChI is InChI=1S/C27H26N2O7/c30-24(23(16-25(31)32)29-27(34)36-17-19-7-3-1-4-8-19)18-35-26(33)15-22(20-9-5-2-6-10-20)21-11-13-28-14-12-21/h1-14,22-23H,15-18H2,(H,29,34)(H,31,32). The van der Waals surface area contributed by atoms with Gasteiger partial charge >= 0.3 is 18.0 Å². The lowest BCUT2D eigenvalue weighted by molar-refractivity contribution is -0.149. The number of hydrogen-bond donors (Lipinski definition) is 2. The number of benzene rings is 2. The molecule has 2 atom stereocenters. The van der Waals surface area contributed by atoms with Crippen molar-refractivity contribution in [3.05, 3.63) is 102 Å². The van der Waals surface area contributed by atoms with E-state index in [2.05, 4.69) is 10.3 Å². The Balaban J connectivity index is 1.57. The number of carbonyl (C=O) groups is 4. The van der Waals surface area contributed by atoms with Gasteiger partial charge in [0.1, 0.15) is 12.6 Å². The van der Waals surface area contributed by atoms with E-state index in [1.54, 1.807) is 48.8 Å². The predicted molar refractivity (Wildman–Crippen MR) is 129 cm³/mol. The van der Waals surface area contributed by atoms with Gasteiger partial charge in [0.15, 0.2) is 12.4 Å². The van der Waals surface area contributed by atoms with Gasteiger partial charge in [-0.2, -0.15) is 0 Å². The van der Waals surface area contributed by atoms with Gasteiger partial charge in [-0.15, -0.1) is 0 Å². The van der Waals surface area contributed by atoms with Gasteiger partial charge in [-0.05, 0) is 28.8 Å². The van der Waals surface area contributed by atoms with E-state index in [1.165, 1.54) is 0 Å². The molecule has 0 saturated carbocycles. The van der Waals surface area contributed by atoms with E-state index in [-0.39, 0.29) is 18.9 Å². The molecule has 0 aliphatic carbocycles. The number of amides is 1. The summed E-state index contributed by atoms with van der Waals surface area (Å²) in [5.74, 6) is -3.03. The second-order valence-electron chi connectivity index (χ2n) is 7.93. The van der Waals surface area contributed by atoms with Crippen LogP contribution in [0.1, 0.15) is 35.4 Å². The van der Waals surface area contributed by atoms with Crippen molar-refractivity contribution >= 4 is 23.8 Å². The smallest absolute Gasteiger partial charge is 0.408 e. The molecule has 9 nitrogen and oxygen atoms in total. The van der Waals surface area contributed by atoms with Crippen molar-refractivity contribution in [3.8, 4) is 0 Å². The van der Waals surface area contributed by atoms with Gasteiger partial charge in [-0.3, -0.25) is 19.4 Å². The van der Waals surface area contributed by atoms with Crippen LogP contribution < -0.4 is 5.32 Å². The van der Waals surface area contributed by atoms with E-state index in [0.29, 0.717) is 0 Å². The van der Waals surface area contributed by atoms with Crippen molar-refractivity contribution in [2.45, 2.75) is 31.4 Å². The van der Waals surface area contributed by atoms with Crippen LogP contribution in [-0.4, -0.2) is 46.6 Å². The monoisotopic (exact) mass is 490 g/mol. The van der Waals surface area contributed by atoms with Crippen molar-refractivity contribution in [2.75, 3.05) is 6.61 Å². The number of hydrogen-bond acceptors (Lipinski definition) is 7. The first kappa shape index (κ1) is 26.1. The normalized spacial score (nSPS) is 12.1. The number of aromatic nitrogens is 1. The molecule has 3 aromatic rings. The highest BCUT2D eigenvalue weighted by molar-refractivity contribution is 5.92. The number of ether oxygens (including phenoxy) is 2. The summed E-state index contributed by atoms with van der Waals surface area (Å²) >= 11 is 0. The highest BCUT2D eigenvalue weighted by atomic mass is 16.5. The Morgan fingerprint density at radius 3 is 2.06 bits per heavy atom. The zero-order chi connectivity index (χ0) is 25.8. The Hall–Kier alpha value is -4.53. The molecule has 2 unspecified atom stereocenters. The molecule has 0 aliphatic heterocycles. The lowest BCUT2D eigenvalue weighted by Gasteiger charge is -2.18. The second-order valence-corrected chi connectivity index (χ2v) is 7.93. The summed E-state index contributed by atoms with van der Waals surface area (Å²) < 4.78 is 10.2. The zero-order valence-corrected chi connectivity index (χ0v) is 19.4. The molecule has 0 aliphatic rings. The van der Waals surface area contributed by atoms with E-state index in [0.717, 1.165) is 16.7 Å². The molecule has 2 aromatic carbocycles. The summed E-state index contributed by atoms with van der Waals surface area (Å²) in [5, 5.41) is 11.4. The van der Waals surface area contributed by atoms with E-state index in [1.807, 2.05) is 36.4 Å². The fourth-order valence-electron chi connectivity index (χ4n) is 3.51. The van der Waals surface area contributed by atoms with Crippen LogP contribution in [0.3, 0.4) is 0 Å². The van der Waals surface area contributed by atoms with Crippen molar-refractivity contribution < 1.29 is 33.8 Å². The van der Waals surface area contributed by atoms with E-state index < -0.39 is 42.9 Å². The summed E-state index contributed by atoms with van der Waals surface area (Å²) in [6.45, 7) is -0.737. The van der Waals surface area contributed by atoms with Crippen LogP contribution in [0.4, 0.5) is 4.79 Å². The molecule has 1 amide bonds. The quantitative estimate of drug-likeness (QED) is 0.369. The molecule has 3 rings (SSSR count). The number of nitrogens with zero attached hydrogens (tertiary/aromatic N) is 1. The minimum absolute atomic E-state index is 0.0442. The van der Waals surface area contributed by atoms with E-state index >= 15 is 0 Å². The van der Waals surface area contributed by atoms with Gasteiger partial charge in [-0.25, -0.2) is 4.79 Å². The number of ketones is 1. The van der Waals surface area contributed by atoms with Gasteiger partial charge in [0.25, 0.3) is 0 Å². The number of rotatable bonds is 12. The summed E-state index contributed by atoms with van der Waals surface area (Å²) in [6, 6.07) is 20.4. The maximum atomic E-state index is 12.6. The Labute approximate surface area is 208 Å². The third kappa shape index (κ3) is 8.35. The molecule has 186 valence electrons. The highest BCUT2D eigenvalue weighted by Crippen LogP contribution is 2.27. The fourth-order valence-corrected chi connectivity index (χ4v) is 3.51. The third-order valence-electron chi connectivity index (χ3n) is 5.33. The van der Waals surface area contributed by atoms with Crippen LogP contribution in [-0.2, 0) is 30.5 Å². The Kier molecular flexibility index (Phi) is 9.69. The Morgan fingerprint density at radius 1 is 0.806 bits per heavy atom. The number of carboxylic acids is 1. The summed E-state index contributed by atoms with van der Waals surface area (Å²) in [7, 11) is 0. The third-order valence-corrected chi connectivity index (χ3v) is 5.33. The topological polar surface area (TPSA) is 132 Å². The largest absolute Gasteiger partial charge is 0.481 e. The minimum atomic E-state index is -1.41. The highest BCUT2D eigenvalue weighted by Gasteiger charge is 2.26. The molecular weight excluding hydrogens is 464 g/mol. The Bertz CT molecular complexity index is 1120. The number of nitrogens with one attached hydrogen (secondary N) is 1. The predicted octanol–water partition coefficient (Wildman–Crippen LogP) is 3.49. The fraction of sp³-hybridized carbons (Fsp3) is 0.222. The van der Waals surface area contributed by atoms with Gasteiger partial charge < -0.3 is 19.9 Å². The van der Waals surface area contributed by atoms with E-state index in [9.17, 15) is 19.2 Å². The molecule has 1 aromatic heterocycles. The average molecular weight is 491 g/mol. The van der Waals surface area contributed by atoms with Crippen LogP contribution in [0.25, 0.3) is 0 Å². The number of aliphatic carboxylic acids is 1. The number of carbonyl (C=O) groups excluding carboxylic acids is 3. The first-order valence-corrected chi connectivity index (χ1v) is 11.2. The molecule has 0 spiro atoms. The van der Waals surface area contributed by atoms with E-state index in [4.69, 9.17) is 14.6 Å². The maximum absolute atomic E-state index is 12.6. The van der Waals surface area contributed by atoms with Crippen LogP contribution in [0.5, 0.6) is 0 Å². The molecule has 0 bridgehead atoms. The molecule has 36 heavy (non-hydrogen) atoms. The summed E-state index contributed by atoms with van der Waals surface area (Å²) in [4.78, 5) is 52.5. The maximum Gasteiger partial charge on any atom is 0.408 e. The van der Waals surface area contributed by atoms with Crippen LogP contribution in [0, 0.1) is 0 Å². The van der Waals surface area contributed by atoms with Crippen molar-refractivity contribution in [1.29, 1.82) is 0 Å². The molecule has 0 radical (unpaired) electrons. The van der Waals surface area contributed by atoms with Gasteiger partial charge in [0, 0.05) is 18.3 Å². The molecule has 0 fully saturated rings. The first-order chi connectivity index (χ1) is 17.4. The van der Waals surface area contributed by atoms with Crippen molar-refractivity contribution in [3.63, 3.8) is 0 Å². The molecule has 9 heteroatoms. The second kappa shape index (κ2) is 13.4. The lowest BCUT2D eigenvalue weighted by atomic mass is 9.89. The lowest BCUT2D eigenvalue weighted by Crippen LogP contribution is -2.44. The van der Waals surface area contributed by atoms with Gasteiger partial charge in [-0.1, -0.05) is 60.7 Å². The number of pyridine rings is 1. The molecule has 0 saturated heterocycles. The number of alkyl carbamates (subject to hydrolysis) is 1. The van der Waals surface area contributed by atoms with Crippen LogP contribution in [0.2, 0.25) is 0 Å². The molecule has 1 heterocycles. The van der Waals surface area contributed by atoms with Crippen molar-refractivity contribution in [2.24, 2.45) is 0 Å². The molecular formula is C27H26N2O7. The molecule has 2 N–H and O–H groups in total.